The third-order valence-corrected chi connectivity index (χ3v) is 4.76. The van der Waals surface area contributed by atoms with Gasteiger partial charge in [-0.2, -0.15) is 0 Å². The van der Waals surface area contributed by atoms with Crippen LogP contribution in [0, 0.1) is 0 Å². The highest BCUT2D eigenvalue weighted by molar-refractivity contribution is 6.31. The normalized spacial score (nSPS) is 17.4. The molecule has 1 aliphatic heterocycles. The summed E-state index contributed by atoms with van der Waals surface area (Å²) in [7, 11) is 0. The van der Waals surface area contributed by atoms with E-state index < -0.39 is 0 Å². The molecule has 0 amide bonds. The molecule has 0 aliphatic carbocycles. The van der Waals surface area contributed by atoms with E-state index in [0.29, 0.717) is 28.9 Å². The van der Waals surface area contributed by atoms with Gasteiger partial charge in [-0.3, -0.25) is 4.79 Å². The first kappa shape index (κ1) is 16.4. The van der Waals surface area contributed by atoms with E-state index in [2.05, 4.69) is 16.4 Å². The van der Waals surface area contributed by atoms with Crippen molar-refractivity contribution in [1.82, 2.24) is 10.3 Å². The van der Waals surface area contributed by atoms with Crippen molar-refractivity contribution in [3.63, 3.8) is 0 Å². The zero-order valence-corrected chi connectivity index (χ0v) is 14.2. The maximum absolute atomic E-state index is 12.2. The Morgan fingerprint density at radius 1 is 1.22 bits per heavy atom. The lowest BCUT2D eigenvalue weighted by atomic mass is 9.95. The zero-order chi connectivity index (χ0) is 16.2. The van der Waals surface area contributed by atoms with Gasteiger partial charge < -0.3 is 5.32 Å². The van der Waals surface area contributed by atoms with E-state index in [-0.39, 0.29) is 5.78 Å². The fourth-order valence-corrected chi connectivity index (χ4v) is 3.28. The number of hydrogen-bond donors (Lipinski definition) is 1. The Kier molecular flexibility index (Phi) is 5.31. The maximum atomic E-state index is 12.2. The summed E-state index contributed by atoms with van der Waals surface area (Å²) < 4.78 is 0. The summed E-state index contributed by atoms with van der Waals surface area (Å²) in [5, 5.41) is 4.47. The third-order valence-electron chi connectivity index (χ3n) is 4.19. The van der Waals surface area contributed by atoms with Crippen molar-refractivity contribution < 1.29 is 4.79 Å². The van der Waals surface area contributed by atoms with E-state index in [1.165, 1.54) is 5.56 Å². The number of hydrogen-bond acceptors (Lipinski definition) is 3. The molecule has 2 heterocycles. The van der Waals surface area contributed by atoms with Crippen LogP contribution < -0.4 is 5.32 Å². The number of benzene rings is 1. The minimum Gasteiger partial charge on any atom is -0.316 e. The molecule has 0 spiro atoms. The molecular formula is C18H18Cl2N2O. The molecule has 1 fully saturated rings. The lowest BCUT2D eigenvalue weighted by Crippen LogP contribution is -2.09. The molecule has 1 saturated heterocycles. The van der Waals surface area contributed by atoms with Gasteiger partial charge in [-0.05, 0) is 47.7 Å². The van der Waals surface area contributed by atoms with Crippen molar-refractivity contribution in [2.45, 2.75) is 25.2 Å². The van der Waals surface area contributed by atoms with Crippen LogP contribution in [-0.2, 0) is 17.6 Å². The molecule has 120 valence electrons. The summed E-state index contributed by atoms with van der Waals surface area (Å²) in [6.07, 6.45) is 3.45. The van der Waals surface area contributed by atoms with Gasteiger partial charge in [0.1, 0.15) is 10.9 Å². The second-order valence-electron chi connectivity index (χ2n) is 5.92. The molecule has 2 aromatic rings. The van der Waals surface area contributed by atoms with Crippen LogP contribution in [0.5, 0.6) is 0 Å². The van der Waals surface area contributed by atoms with E-state index in [0.717, 1.165) is 30.6 Å². The summed E-state index contributed by atoms with van der Waals surface area (Å²) in [4.78, 5) is 16.2. The van der Waals surface area contributed by atoms with Gasteiger partial charge in [-0.15, -0.1) is 0 Å². The van der Waals surface area contributed by atoms with E-state index in [1.807, 2.05) is 18.2 Å². The lowest BCUT2D eigenvalue weighted by molar-refractivity contribution is -0.117. The van der Waals surface area contributed by atoms with Crippen LogP contribution >= 0.6 is 23.2 Å². The van der Waals surface area contributed by atoms with Crippen molar-refractivity contribution >= 4 is 29.0 Å². The van der Waals surface area contributed by atoms with E-state index in [4.69, 9.17) is 23.2 Å². The molecule has 23 heavy (non-hydrogen) atoms. The van der Waals surface area contributed by atoms with Gasteiger partial charge >= 0.3 is 0 Å². The number of halogens is 2. The highest BCUT2D eigenvalue weighted by atomic mass is 35.5. The zero-order valence-electron chi connectivity index (χ0n) is 12.7. The SMILES string of the molecule is O=C(Cc1ccc(Cl)nc1)Cc1ccc(C2CCNC2)cc1Cl. The second kappa shape index (κ2) is 7.43. The van der Waals surface area contributed by atoms with Crippen molar-refractivity contribution in [3.05, 3.63) is 63.4 Å². The van der Waals surface area contributed by atoms with Gasteiger partial charge in [-0.1, -0.05) is 41.4 Å². The van der Waals surface area contributed by atoms with Gasteiger partial charge in [0.05, 0.1) is 0 Å². The Bertz CT molecular complexity index is 695. The first-order chi connectivity index (χ1) is 11.1. The van der Waals surface area contributed by atoms with Crippen LogP contribution in [0.25, 0.3) is 0 Å². The number of rotatable bonds is 5. The number of carbonyl (C=O) groups excluding carboxylic acids is 1. The molecule has 1 aromatic carbocycles. The van der Waals surface area contributed by atoms with Crippen LogP contribution in [0.2, 0.25) is 10.2 Å². The molecule has 3 rings (SSSR count). The number of carbonyl (C=O) groups is 1. The lowest BCUT2D eigenvalue weighted by Gasteiger charge is -2.11. The number of pyridine rings is 1. The maximum Gasteiger partial charge on any atom is 0.141 e. The van der Waals surface area contributed by atoms with Gasteiger partial charge in [0, 0.05) is 30.6 Å². The van der Waals surface area contributed by atoms with Crippen LogP contribution in [0.1, 0.15) is 29.0 Å². The number of nitrogens with one attached hydrogen (secondary N) is 1. The quantitative estimate of drug-likeness (QED) is 0.835. The number of nitrogens with zero attached hydrogens (tertiary/aromatic N) is 1. The van der Waals surface area contributed by atoms with Crippen LogP contribution in [0.3, 0.4) is 0 Å². The Balaban J connectivity index is 1.64. The minimum absolute atomic E-state index is 0.117. The van der Waals surface area contributed by atoms with Gasteiger partial charge in [0.25, 0.3) is 0 Å². The summed E-state index contributed by atoms with van der Waals surface area (Å²) in [6, 6.07) is 9.60. The molecule has 5 heteroatoms. The molecule has 1 atom stereocenters. The highest BCUT2D eigenvalue weighted by Gasteiger charge is 2.18. The van der Waals surface area contributed by atoms with E-state index >= 15 is 0 Å². The standard InChI is InChI=1S/C18H18Cl2N2O/c19-17-9-13(15-5-6-21-11-15)2-3-14(17)8-16(23)7-12-1-4-18(20)22-10-12/h1-4,9-10,15,21H,5-8,11H2. The molecule has 0 radical (unpaired) electrons. The largest absolute Gasteiger partial charge is 0.316 e. The summed E-state index contributed by atoms with van der Waals surface area (Å²) in [5.74, 6) is 0.642. The van der Waals surface area contributed by atoms with E-state index in [1.54, 1.807) is 12.3 Å². The molecule has 3 nitrogen and oxygen atoms in total. The van der Waals surface area contributed by atoms with Gasteiger partial charge in [0.15, 0.2) is 0 Å². The number of Topliss-reactive ketones (excluding diaryl/α,β-unsaturated/α-hetero) is 1. The predicted octanol–water partition coefficient (Wildman–Crippen LogP) is 3.82. The number of ketones is 1. The average molecular weight is 349 g/mol. The Morgan fingerprint density at radius 3 is 2.74 bits per heavy atom. The van der Waals surface area contributed by atoms with Crippen molar-refractivity contribution in [2.24, 2.45) is 0 Å². The summed E-state index contributed by atoms with van der Waals surface area (Å²) in [6.45, 7) is 2.05. The Morgan fingerprint density at radius 2 is 2.09 bits per heavy atom. The van der Waals surface area contributed by atoms with Crippen molar-refractivity contribution in [2.75, 3.05) is 13.1 Å². The van der Waals surface area contributed by atoms with Crippen molar-refractivity contribution in [3.8, 4) is 0 Å². The van der Waals surface area contributed by atoms with Crippen molar-refractivity contribution in [1.29, 1.82) is 0 Å². The molecular weight excluding hydrogens is 331 g/mol. The minimum atomic E-state index is 0.117. The first-order valence-electron chi connectivity index (χ1n) is 7.73. The summed E-state index contributed by atoms with van der Waals surface area (Å²) >= 11 is 12.1. The number of aromatic nitrogens is 1. The van der Waals surface area contributed by atoms with Crippen LogP contribution in [-0.4, -0.2) is 23.9 Å². The second-order valence-corrected chi connectivity index (χ2v) is 6.72. The van der Waals surface area contributed by atoms with E-state index in [9.17, 15) is 4.79 Å². The van der Waals surface area contributed by atoms with Gasteiger partial charge in [0.2, 0.25) is 0 Å². The molecule has 1 aliphatic rings. The fraction of sp³-hybridized carbons (Fsp3) is 0.333. The topological polar surface area (TPSA) is 42.0 Å². The molecule has 0 saturated carbocycles. The monoisotopic (exact) mass is 348 g/mol. The Labute approximate surface area is 146 Å². The highest BCUT2D eigenvalue weighted by Crippen LogP contribution is 2.27. The smallest absolute Gasteiger partial charge is 0.141 e. The van der Waals surface area contributed by atoms with Crippen LogP contribution in [0.4, 0.5) is 0 Å². The molecule has 1 unspecified atom stereocenters. The first-order valence-corrected chi connectivity index (χ1v) is 8.48. The molecule has 1 N–H and O–H groups in total. The fourth-order valence-electron chi connectivity index (χ4n) is 2.91. The predicted molar refractivity (Wildman–Crippen MR) is 93.3 cm³/mol. The third kappa shape index (κ3) is 4.31. The summed E-state index contributed by atoms with van der Waals surface area (Å²) in [5.41, 5.74) is 3.00. The molecule has 0 bridgehead atoms. The average Bonchev–Trinajstić information content (AvgIpc) is 3.06. The Hall–Kier alpha value is -1.42. The van der Waals surface area contributed by atoms with Crippen LogP contribution in [0.15, 0.2) is 36.5 Å². The molecule has 1 aromatic heterocycles. The van der Waals surface area contributed by atoms with Gasteiger partial charge in [-0.25, -0.2) is 4.98 Å².